The molecule has 1 aromatic carbocycles. The lowest BCUT2D eigenvalue weighted by Gasteiger charge is -2.22. The first-order valence-electron chi connectivity index (χ1n) is 7.07. The Morgan fingerprint density at radius 3 is 2.84 bits per heavy atom. The highest BCUT2D eigenvalue weighted by atomic mass is 16.5. The van der Waals surface area contributed by atoms with Crippen LogP contribution in [0.2, 0.25) is 0 Å². The Kier molecular flexibility index (Phi) is 4.83. The fraction of sp³-hybridized carbons (Fsp3) is 0.562. The van der Waals surface area contributed by atoms with E-state index in [1.54, 1.807) is 7.11 Å². The zero-order valence-corrected chi connectivity index (χ0v) is 11.8. The smallest absolute Gasteiger partial charge is 0.164 e. The molecule has 0 aliphatic heterocycles. The molecule has 104 valence electrons. The van der Waals surface area contributed by atoms with Crippen LogP contribution in [0.4, 0.5) is 0 Å². The average molecular weight is 262 g/mol. The van der Waals surface area contributed by atoms with Crippen molar-refractivity contribution in [3.63, 3.8) is 0 Å². The topological polar surface area (TPSA) is 35.5 Å². The zero-order chi connectivity index (χ0) is 13.7. The predicted octanol–water partition coefficient (Wildman–Crippen LogP) is 3.40. The fourth-order valence-corrected chi connectivity index (χ4v) is 2.73. The fourth-order valence-electron chi connectivity index (χ4n) is 2.73. The number of carbonyl (C=O) groups excluding carboxylic acids is 1. The molecule has 1 saturated carbocycles. The van der Waals surface area contributed by atoms with Crippen LogP contribution in [0.15, 0.2) is 18.2 Å². The van der Waals surface area contributed by atoms with Gasteiger partial charge in [0.1, 0.15) is 5.78 Å². The molecule has 1 aliphatic carbocycles. The summed E-state index contributed by atoms with van der Waals surface area (Å²) in [4.78, 5) is 12.0. The van der Waals surface area contributed by atoms with Crippen LogP contribution in [0.1, 0.15) is 38.2 Å². The van der Waals surface area contributed by atoms with E-state index in [-0.39, 0.29) is 5.92 Å². The molecular weight excluding hydrogens is 240 g/mol. The molecule has 3 heteroatoms. The molecule has 0 spiro atoms. The number of para-hydroxylation sites is 1. The second-order valence-electron chi connectivity index (χ2n) is 4.99. The number of hydrogen-bond acceptors (Lipinski definition) is 3. The Labute approximate surface area is 114 Å². The van der Waals surface area contributed by atoms with Crippen molar-refractivity contribution in [2.75, 3.05) is 13.7 Å². The maximum absolute atomic E-state index is 12.0. The van der Waals surface area contributed by atoms with Crippen molar-refractivity contribution in [3.8, 4) is 11.5 Å². The molecule has 0 N–H and O–H groups in total. The first kappa shape index (κ1) is 13.9. The van der Waals surface area contributed by atoms with E-state index in [9.17, 15) is 4.79 Å². The zero-order valence-electron chi connectivity index (χ0n) is 11.8. The van der Waals surface area contributed by atoms with E-state index >= 15 is 0 Å². The lowest BCUT2D eigenvalue weighted by Crippen LogP contribution is -2.21. The van der Waals surface area contributed by atoms with Crippen LogP contribution in [0.5, 0.6) is 11.5 Å². The van der Waals surface area contributed by atoms with E-state index in [1.165, 1.54) is 0 Å². The van der Waals surface area contributed by atoms with Crippen molar-refractivity contribution in [3.05, 3.63) is 23.8 Å². The average Bonchev–Trinajstić information content (AvgIpc) is 2.43. The van der Waals surface area contributed by atoms with Gasteiger partial charge in [0.05, 0.1) is 13.7 Å². The third-order valence-electron chi connectivity index (χ3n) is 3.72. The Balaban J connectivity index is 2.20. The summed E-state index contributed by atoms with van der Waals surface area (Å²) >= 11 is 0. The first-order chi connectivity index (χ1) is 9.26. The Bertz CT molecular complexity index is 440. The van der Waals surface area contributed by atoms with Crippen LogP contribution < -0.4 is 9.47 Å². The van der Waals surface area contributed by atoms with E-state index in [2.05, 4.69) is 0 Å². The summed E-state index contributed by atoms with van der Waals surface area (Å²) in [6.07, 6.45) is 4.71. The second-order valence-corrected chi connectivity index (χ2v) is 4.99. The summed E-state index contributed by atoms with van der Waals surface area (Å²) in [7, 11) is 1.65. The van der Waals surface area contributed by atoms with Crippen LogP contribution >= 0.6 is 0 Å². The maximum atomic E-state index is 12.0. The van der Waals surface area contributed by atoms with E-state index in [4.69, 9.17) is 9.47 Å². The Morgan fingerprint density at radius 2 is 2.16 bits per heavy atom. The highest BCUT2D eigenvalue weighted by molar-refractivity contribution is 5.82. The van der Waals surface area contributed by atoms with Gasteiger partial charge in [-0.15, -0.1) is 0 Å². The summed E-state index contributed by atoms with van der Waals surface area (Å²) in [6.45, 7) is 2.56. The van der Waals surface area contributed by atoms with Crippen LogP contribution in [-0.2, 0) is 11.2 Å². The summed E-state index contributed by atoms with van der Waals surface area (Å²) in [5.41, 5.74) is 1.08. The van der Waals surface area contributed by atoms with Gasteiger partial charge >= 0.3 is 0 Å². The third-order valence-corrected chi connectivity index (χ3v) is 3.72. The molecule has 0 saturated heterocycles. The van der Waals surface area contributed by atoms with E-state index in [1.807, 2.05) is 25.1 Å². The quantitative estimate of drug-likeness (QED) is 0.816. The van der Waals surface area contributed by atoms with Crippen molar-refractivity contribution in [1.82, 2.24) is 0 Å². The second kappa shape index (κ2) is 6.60. The molecular formula is C16H22O3. The van der Waals surface area contributed by atoms with Gasteiger partial charge < -0.3 is 9.47 Å². The number of Topliss-reactive ketones (excluding diaryl/α,β-unsaturated/α-hetero) is 1. The van der Waals surface area contributed by atoms with Gasteiger partial charge in [0.15, 0.2) is 11.5 Å². The molecule has 0 aromatic heterocycles. The molecule has 0 radical (unpaired) electrons. The lowest BCUT2D eigenvalue weighted by atomic mass is 9.83. The minimum atomic E-state index is 0.153. The van der Waals surface area contributed by atoms with Crippen molar-refractivity contribution >= 4 is 5.78 Å². The Morgan fingerprint density at radius 1 is 1.32 bits per heavy atom. The number of ether oxygens (including phenoxy) is 2. The minimum absolute atomic E-state index is 0.153. The standard InChI is InChI=1S/C16H22O3/c1-3-19-16-13(8-6-10-15(16)18-2)11-12-7-4-5-9-14(12)17/h6,8,10,12H,3-5,7,9,11H2,1-2H3. The molecule has 1 atom stereocenters. The normalized spacial score (nSPS) is 19.3. The van der Waals surface area contributed by atoms with Gasteiger partial charge in [0.25, 0.3) is 0 Å². The number of rotatable bonds is 5. The molecule has 3 nitrogen and oxygen atoms in total. The van der Waals surface area contributed by atoms with E-state index in [0.29, 0.717) is 12.4 Å². The third kappa shape index (κ3) is 3.28. The van der Waals surface area contributed by atoms with Gasteiger partial charge in [0, 0.05) is 12.3 Å². The van der Waals surface area contributed by atoms with Crippen molar-refractivity contribution in [2.24, 2.45) is 5.92 Å². The number of ketones is 1. The molecule has 0 bridgehead atoms. The number of hydrogen-bond donors (Lipinski definition) is 0. The van der Waals surface area contributed by atoms with Gasteiger partial charge in [-0.1, -0.05) is 18.6 Å². The molecule has 1 aromatic rings. The van der Waals surface area contributed by atoms with Crippen molar-refractivity contribution < 1.29 is 14.3 Å². The summed E-state index contributed by atoms with van der Waals surface area (Å²) < 4.78 is 11.0. The van der Waals surface area contributed by atoms with E-state index < -0.39 is 0 Å². The molecule has 1 fully saturated rings. The van der Waals surface area contributed by atoms with E-state index in [0.717, 1.165) is 49.2 Å². The number of benzene rings is 1. The maximum Gasteiger partial charge on any atom is 0.164 e. The summed E-state index contributed by atoms with van der Waals surface area (Å²) in [6, 6.07) is 5.90. The summed E-state index contributed by atoms with van der Waals surface area (Å²) in [5, 5.41) is 0. The van der Waals surface area contributed by atoms with Crippen LogP contribution in [0, 0.1) is 5.92 Å². The van der Waals surface area contributed by atoms with Crippen molar-refractivity contribution in [1.29, 1.82) is 0 Å². The highest BCUT2D eigenvalue weighted by Crippen LogP contribution is 2.34. The van der Waals surface area contributed by atoms with Gasteiger partial charge in [-0.2, -0.15) is 0 Å². The molecule has 2 rings (SSSR count). The number of methoxy groups -OCH3 is 1. The number of carbonyl (C=O) groups is 1. The monoisotopic (exact) mass is 262 g/mol. The van der Waals surface area contributed by atoms with Gasteiger partial charge in [-0.25, -0.2) is 0 Å². The van der Waals surface area contributed by atoms with Crippen LogP contribution in [0.3, 0.4) is 0 Å². The lowest BCUT2D eigenvalue weighted by molar-refractivity contribution is -0.124. The SMILES string of the molecule is CCOc1c(CC2CCCCC2=O)cccc1OC. The molecule has 0 heterocycles. The molecule has 0 amide bonds. The largest absolute Gasteiger partial charge is 0.493 e. The molecule has 1 aliphatic rings. The predicted molar refractivity (Wildman–Crippen MR) is 74.8 cm³/mol. The Hall–Kier alpha value is -1.51. The molecule has 1 unspecified atom stereocenters. The van der Waals surface area contributed by atoms with Gasteiger partial charge in [0.2, 0.25) is 0 Å². The van der Waals surface area contributed by atoms with Crippen LogP contribution in [-0.4, -0.2) is 19.5 Å². The minimum Gasteiger partial charge on any atom is -0.493 e. The van der Waals surface area contributed by atoms with Gasteiger partial charge in [-0.3, -0.25) is 4.79 Å². The van der Waals surface area contributed by atoms with Crippen molar-refractivity contribution in [2.45, 2.75) is 39.0 Å². The van der Waals surface area contributed by atoms with Gasteiger partial charge in [-0.05, 0) is 37.8 Å². The molecule has 19 heavy (non-hydrogen) atoms. The highest BCUT2D eigenvalue weighted by Gasteiger charge is 2.24. The van der Waals surface area contributed by atoms with Crippen LogP contribution in [0.25, 0.3) is 0 Å². The summed E-state index contributed by atoms with van der Waals surface area (Å²) in [5.74, 6) is 2.10. The first-order valence-corrected chi connectivity index (χ1v) is 7.07.